The number of hydrogen-bond acceptors (Lipinski definition) is 3. The Hall–Kier alpha value is -0.560. The van der Waals surface area contributed by atoms with Crippen molar-refractivity contribution in [2.75, 3.05) is 13.2 Å². The predicted molar refractivity (Wildman–Crippen MR) is 92.8 cm³/mol. The van der Waals surface area contributed by atoms with Crippen molar-refractivity contribution in [3.8, 4) is 12.3 Å². The van der Waals surface area contributed by atoms with E-state index in [0.29, 0.717) is 13.2 Å². The molecule has 1 atom stereocenters. The van der Waals surface area contributed by atoms with Crippen LogP contribution in [0.15, 0.2) is 0 Å². The van der Waals surface area contributed by atoms with Crippen LogP contribution in [0.25, 0.3) is 0 Å². The lowest BCUT2D eigenvalue weighted by Crippen LogP contribution is -2.47. The van der Waals surface area contributed by atoms with Gasteiger partial charge >= 0.3 is 0 Å². The minimum atomic E-state index is -0.522. The molecule has 0 aliphatic heterocycles. The zero-order chi connectivity index (χ0) is 16.9. The average Bonchev–Trinajstić information content (AvgIpc) is 2.41. The Kier molecular flexibility index (Phi) is 6.92. The van der Waals surface area contributed by atoms with Gasteiger partial charge in [-0.3, -0.25) is 0 Å². The smallest absolute Gasteiger partial charge is 0.128 e. The van der Waals surface area contributed by atoms with E-state index in [1.165, 1.54) is 6.42 Å². The molecule has 128 valence electrons. The summed E-state index contributed by atoms with van der Waals surface area (Å²) in [4.78, 5) is 0. The summed E-state index contributed by atoms with van der Waals surface area (Å²) in [7, 11) is 0. The standard InChI is InChI=1S/C19H35NO2/c1-7-19(11-9-8-10-12-19)22-14-16(21)13-20-18(5,6)15-17(2,3)4/h1,16,20-21H,8-15H2,2-6H3/t16-/m1/s1. The third kappa shape index (κ3) is 7.13. The van der Waals surface area contributed by atoms with Crippen molar-refractivity contribution >= 4 is 0 Å². The Labute approximate surface area is 137 Å². The van der Waals surface area contributed by atoms with Gasteiger partial charge in [0.1, 0.15) is 5.60 Å². The second kappa shape index (κ2) is 7.81. The molecule has 1 aliphatic rings. The maximum absolute atomic E-state index is 10.2. The average molecular weight is 309 g/mol. The summed E-state index contributed by atoms with van der Waals surface area (Å²) < 4.78 is 5.92. The van der Waals surface area contributed by atoms with Crippen molar-refractivity contribution in [2.24, 2.45) is 5.41 Å². The molecule has 0 aromatic rings. The minimum absolute atomic E-state index is 0.00608. The van der Waals surface area contributed by atoms with Gasteiger partial charge in [-0.25, -0.2) is 0 Å². The molecule has 0 spiro atoms. The van der Waals surface area contributed by atoms with Crippen molar-refractivity contribution < 1.29 is 9.84 Å². The second-order valence-corrected chi connectivity index (χ2v) is 8.67. The summed E-state index contributed by atoms with van der Waals surface area (Å²) in [6.07, 6.45) is 11.5. The van der Waals surface area contributed by atoms with Gasteiger partial charge in [-0.05, 0) is 51.4 Å². The fourth-order valence-electron chi connectivity index (χ4n) is 3.55. The van der Waals surface area contributed by atoms with E-state index in [1.807, 2.05) is 0 Å². The lowest BCUT2D eigenvalue weighted by molar-refractivity contribution is -0.0642. The first-order valence-electron chi connectivity index (χ1n) is 8.62. The zero-order valence-corrected chi connectivity index (χ0v) is 15.2. The quantitative estimate of drug-likeness (QED) is 0.707. The Balaban J connectivity index is 2.37. The van der Waals surface area contributed by atoms with Crippen LogP contribution in [0.4, 0.5) is 0 Å². The maximum Gasteiger partial charge on any atom is 0.128 e. The first-order chi connectivity index (χ1) is 10.1. The van der Waals surface area contributed by atoms with E-state index in [4.69, 9.17) is 11.2 Å². The summed E-state index contributed by atoms with van der Waals surface area (Å²) in [5, 5.41) is 13.6. The third-order valence-corrected chi connectivity index (χ3v) is 4.26. The van der Waals surface area contributed by atoms with E-state index in [-0.39, 0.29) is 11.0 Å². The lowest BCUT2D eigenvalue weighted by Gasteiger charge is -2.35. The molecule has 0 unspecified atom stereocenters. The largest absolute Gasteiger partial charge is 0.389 e. The van der Waals surface area contributed by atoms with Crippen LogP contribution in [-0.4, -0.2) is 35.5 Å². The van der Waals surface area contributed by atoms with Gasteiger partial charge in [-0.1, -0.05) is 33.1 Å². The monoisotopic (exact) mass is 309 g/mol. The first kappa shape index (κ1) is 19.5. The van der Waals surface area contributed by atoms with Gasteiger partial charge in [0, 0.05) is 12.1 Å². The fraction of sp³-hybridized carbons (Fsp3) is 0.895. The van der Waals surface area contributed by atoms with Crippen LogP contribution in [0.3, 0.4) is 0 Å². The van der Waals surface area contributed by atoms with Gasteiger partial charge < -0.3 is 15.2 Å². The second-order valence-electron chi connectivity index (χ2n) is 8.67. The summed E-state index contributed by atoms with van der Waals surface area (Å²) in [5.41, 5.74) is -0.193. The van der Waals surface area contributed by atoms with E-state index < -0.39 is 11.7 Å². The topological polar surface area (TPSA) is 41.5 Å². The van der Waals surface area contributed by atoms with Crippen LogP contribution in [0.2, 0.25) is 0 Å². The molecule has 1 aliphatic carbocycles. The van der Waals surface area contributed by atoms with Crippen LogP contribution >= 0.6 is 0 Å². The highest BCUT2D eigenvalue weighted by molar-refractivity contribution is 5.09. The van der Waals surface area contributed by atoms with E-state index in [9.17, 15) is 5.11 Å². The molecule has 1 saturated carbocycles. The Bertz CT molecular complexity index is 370. The number of aliphatic hydroxyl groups excluding tert-OH is 1. The van der Waals surface area contributed by atoms with Gasteiger partial charge in [0.05, 0.1) is 12.7 Å². The number of hydrogen-bond donors (Lipinski definition) is 2. The van der Waals surface area contributed by atoms with E-state index in [1.54, 1.807) is 0 Å². The normalized spacial score (nSPS) is 20.4. The fourth-order valence-corrected chi connectivity index (χ4v) is 3.55. The number of terminal acetylenes is 1. The minimum Gasteiger partial charge on any atom is -0.389 e. The highest BCUT2D eigenvalue weighted by Crippen LogP contribution is 2.31. The molecule has 0 bridgehead atoms. The van der Waals surface area contributed by atoms with Crippen molar-refractivity contribution in [3.05, 3.63) is 0 Å². The molecule has 1 rings (SSSR count). The molecular weight excluding hydrogens is 274 g/mol. The molecule has 3 nitrogen and oxygen atoms in total. The van der Waals surface area contributed by atoms with Gasteiger partial charge in [0.15, 0.2) is 0 Å². The molecular formula is C19H35NO2. The SMILES string of the molecule is C#CC1(OC[C@H](O)CNC(C)(C)CC(C)(C)C)CCCCC1. The van der Waals surface area contributed by atoms with Crippen LogP contribution in [0.5, 0.6) is 0 Å². The molecule has 0 aromatic heterocycles. The molecule has 1 fully saturated rings. The molecule has 0 aromatic carbocycles. The molecule has 2 N–H and O–H groups in total. The number of β-amino-alcohol motifs (C(OH)–C–C–N with tert-alkyl or cyclic N) is 1. The van der Waals surface area contributed by atoms with Gasteiger partial charge in [0.2, 0.25) is 0 Å². The third-order valence-electron chi connectivity index (χ3n) is 4.26. The summed E-state index contributed by atoms with van der Waals surface area (Å²) in [5.74, 6) is 2.82. The highest BCUT2D eigenvalue weighted by Gasteiger charge is 2.32. The van der Waals surface area contributed by atoms with Crippen molar-refractivity contribution in [1.29, 1.82) is 0 Å². The molecule has 22 heavy (non-hydrogen) atoms. The molecule has 0 heterocycles. The van der Waals surface area contributed by atoms with Crippen LogP contribution in [-0.2, 0) is 4.74 Å². The zero-order valence-electron chi connectivity index (χ0n) is 15.2. The summed E-state index contributed by atoms with van der Waals surface area (Å²) in [6.45, 7) is 11.9. The lowest BCUT2D eigenvalue weighted by atomic mass is 9.82. The number of aliphatic hydroxyl groups is 1. The number of nitrogens with one attached hydrogen (secondary N) is 1. The Morgan fingerprint density at radius 2 is 1.77 bits per heavy atom. The van der Waals surface area contributed by atoms with E-state index in [2.05, 4.69) is 45.9 Å². The Morgan fingerprint density at radius 3 is 2.27 bits per heavy atom. The van der Waals surface area contributed by atoms with Crippen molar-refractivity contribution in [3.63, 3.8) is 0 Å². The van der Waals surface area contributed by atoms with E-state index in [0.717, 1.165) is 32.1 Å². The summed E-state index contributed by atoms with van der Waals surface area (Å²) in [6, 6.07) is 0. The Morgan fingerprint density at radius 1 is 1.18 bits per heavy atom. The first-order valence-corrected chi connectivity index (χ1v) is 8.62. The maximum atomic E-state index is 10.2. The molecule has 3 heteroatoms. The molecule has 0 radical (unpaired) electrons. The van der Waals surface area contributed by atoms with Crippen LogP contribution in [0, 0.1) is 17.8 Å². The van der Waals surface area contributed by atoms with E-state index >= 15 is 0 Å². The number of ether oxygens (including phenoxy) is 1. The van der Waals surface area contributed by atoms with Crippen LogP contribution in [0.1, 0.15) is 73.1 Å². The highest BCUT2D eigenvalue weighted by atomic mass is 16.5. The summed E-state index contributed by atoms with van der Waals surface area (Å²) >= 11 is 0. The van der Waals surface area contributed by atoms with Crippen molar-refractivity contribution in [2.45, 2.75) is 90.4 Å². The van der Waals surface area contributed by atoms with Gasteiger partial charge in [0.25, 0.3) is 0 Å². The predicted octanol–water partition coefficient (Wildman–Crippen LogP) is 3.50. The van der Waals surface area contributed by atoms with Gasteiger partial charge in [-0.15, -0.1) is 6.42 Å². The van der Waals surface area contributed by atoms with Crippen LogP contribution < -0.4 is 5.32 Å². The van der Waals surface area contributed by atoms with Crippen molar-refractivity contribution in [1.82, 2.24) is 5.32 Å². The van der Waals surface area contributed by atoms with Gasteiger partial charge in [-0.2, -0.15) is 0 Å². The molecule has 0 amide bonds. The number of rotatable bonds is 7. The molecule has 0 saturated heterocycles.